The largest absolute Gasteiger partial charge is 0.242 e. The Bertz CT molecular complexity index is 182. The normalized spacial score (nSPS) is 13.0. The van der Waals surface area contributed by atoms with Crippen LogP contribution in [0.4, 0.5) is 0 Å². The molecule has 1 atom stereocenters. The molecule has 0 saturated heterocycles. The maximum atomic E-state index is 4.56. The van der Waals surface area contributed by atoms with Crippen LogP contribution >= 0.6 is 12.2 Å². The van der Waals surface area contributed by atoms with E-state index in [1.54, 1.807) is 0 Å². The van der Waals surface area contributed by atoms with E-state index in [9.17, 15) is 0 Å². The van der Waals surface area contributed by atoms with Gasteiger partial charge < -0.3 is 0 Å². The molecular weight excluding hydrogens is 136 g/mol. The third-order valence-electron chi connectivity index (χ3n) is 0.949. The van der Waals surface area contributed by atoms with Gasteiger partial charge in [-0.05, 0) is 10.4 Å². The van der Waals surface area contributed by atoms with Gasteiger partial charge in [0.25, 0.3) is 0 Å². The van der Waals surface area contributed by atoms with Crippen LogP contribution in [0.25, 0.3) is 0 Å². The van der Waals surface area contributed by atoms with E-state index in [4.69, 9.17) is 0 Å². The van der Waals surface area contributed by atoms with Crippen LogP contribution in [0.5, 0.6) is 0 Å². The average molecular weight is 141 g/mol. The molecule has 9 heavy (non-hydrogen) atoms. The zero-order valence-electron chi connectivity index (χ0n) is 4.83. The number of thiocarbonyl (C=S) groups is 1. The molecule has 0 aliphatic heterocycles. The van der Waals surface area contributed by atoms with Crippen molar-refractivity contribution < 1.29 is 0 Å². The Kier molecular flexibility index (Phi) is 1.84. The molecule has 1 aromatic heterocycles. The monoisotopic (exact) mass is 141 g/mol. The summed E-state index contributed by atoms with van der Waals surface area (Å²) >= 11 is 4.56. The predicted octanol–water partition coefficient (Wildman–Crippen LogP) is 0.180. The van der Waals surface area contributed by atoms with Crippen LogP contribution in [0.2, 0.25) is 0 Å². The fraction of sp³-hybridized carbons (Fsp3) is 0.500. The van der Waals surface area contributed by atoms with Gasteiger partial charge in [0, 0.05) is 5.37 Å². The minimum absolute atomic E-state index is 0.00926. The molecule has 1 heterocycles. The maximum Gasteiger partial charge on any atom is 0.156 e. The Balaban J connectivity index is 2.76. The van der Waals surface area contributed by atoms with E-state index in [1.165, 1.54) is 0 Å². The molecule has 0 saturated carbocycles. The third-order valence-corrected chi connectivity index (χ3v) is 1.30. The third kappa shape index (κ3) is 1.29. The zero-order chi connectivity index (χ0) is 6.69. The van der Waals surface area contributed by atoms with Crippen molar-refractivity contribution in [1.82, 2.24) is 20.6 Å². The first-order valence-electron chi connectivity index (χ1n) is 2.46. The summed E-state index contributed by atoms with van der Waals surface area (Å²) in [5.41, 5.74) is 0. The van der Waals surface area contributed by atoms with Gasteiger partial charge in [0.2, 0.25) is 0 Å². The van der Waals surface area contributed by atoms with E-state index in [0.29, 0.717) is 5.82 Å². The number of hydrogen-bond donors (Lipinski definition) is 1. The number of aromatic nitrogens is 4. The molecule has 4 nitrogen and oxygen atoms in total. The lowest BCUT2D eigenvalue weighted by atomic mass is 10.2. The Morgan fingerprint density at radius 3 is 3.00 bits per heavy atom. The number of rotatable bonds is 2. The van der Waals surface area contributed by atoms with Crippen molar-refractivity contribution in [3.63, 3.8) is 0 Å². The standard InChI is InChI=1S/C4H5N4S/c1-3(2-9)4-5-7-8-6-4/h3H,1H3,(H,5,6,7,8). The van der Waals surface area contributed by atoms with Crippen LogP contribution < -0.4 is 0 Å². The molecule has 1 N–H and O–H groups in total. The highest BCUT2D eigenvalue weighted by Crippen LogP contribution is 2.02. The smallest absolute Gasteiger partial charge is 0.156 e. The molecular formula is C4H5N4S. The van der Waals surface area contributed by atoms with Crippen LogP contribution in [-0.2, 0) is 0 Å². The van der Waals surface area contributed by atoms with E-state index in [-0.39, 0.29) is 5.92 Å². The van der Waals surface area contributed by atoms with Crippen molar-refractivity contribution in [2.75, 3.05) is 0 Å². The molecule has 0 aromatic carbocycles. The lowest BCUT2D eigenvalue weighted by Gasteiger charge is -1.92. The highest BCUT2D eigenvalue weighted by molar-refractivity contribution is 7.79. The van der Waals surface area contributed by atoms with Crippen LogP contribution in [0.15, 0.2) is 0 Å². The van der Waals surface area contributed by atoms with Gasteiger partial charge in [0.05, 0.1) is 5.92 Å². The van der Waals surface area contributed by atoms with Crippen molar-refractivity contribution in [3.05, 3.63) is 5.82 Å². The van der Waals surface area contributed by atoms with Crippen molar-refractivity contribution in [1.29, 1.82) is 0 Å². The molecule has 5 heteroatoms. The lowest BCUT2D eigenvalue weighted by Crippen LogP contribution is -1.95. The summed E-state index contributed by atoms with van der Waals surface area (Å²) < 4.78 is 0. The molecule has 0 aliphatic rings. The summed E-state index contributed by atoms with van der Waals surface area (Å²) in [6.07, 6.45) is 0. The van der Waals surface area contributed by atoms with Crippen molar-refractivity contribution >= 4 is 17.6 Å². The van der Waals surface area contributed by atoms with Crippen LogP contribution in [-0.4, -0.2) is 26.0 Å². The second-order valence-corrected chi connectivity index (χ2v) is 1.86. The van der Waals surface area contributed by atoms with E-state index >= 15 is 0 Å². The Hall–Kier alpha value is -0.840. The molecule has 0 aliphatic carbocycles. The summed E-state index contributed by atoms with van der Waals surface area (Å²) in [6, 6.07) is 0. The van der Waals surface area contributed by atoms with Gasteiger partial charge in [0.1, 0.15) is 0 Å². The summed E-state index contributed by atoms with van der Waals surface area (Å²) in [6.45, 7) is 1.87. The van der Waals surface area contributed by atoms with Gasteiger partial charge in [-0.15, -0.1) is 5.10 Å². The predicted molar refractivity (Wildman–Crippen MR) is 35.2 cm³/mol. The molecule has 0 spiro atoms. The second kappa shape index (κ2) is 2.63. The number of tetrazole rings is 1. The first-order valence-corrected chi connectivity index (χ1v) is 2.86. The Labute approximate surface area is 57.7 Å². The van der Waals surface area contributed by atoms with Gasteiger partial charge in [-0.1, -0.05) is 19.1 Å². The van der Waals surface area contributed by atoms with E-state index in [0.717, 1.165) is 0 Å². The fourth-order valence-corrected chi connectivity index (χ4v) is 0.517. The molecule has 1 rings (SSSR count). The van der Waals surface area contributed by atoms with Crippen LogP contribution in [0.1, 0.15) is 18.7 Å². The van der Waals surface area contributed by atoms with E-state index in [1.807, 2.05) is 6.92 Å². The molecule has 0 fully saturated rings. The Morgan fingerprint density at radius 1 is 1.78 bits per heavy atom. The van der Waals surface area contributed by atoms with Crippen LogP contribution in [0.3, 0.4) is 0 Å². The van der Waals surface area contributed by atoms with E-state index in [2.05, 4.69) is 38.2 Å². The van der Waals surface area contributed by atoms with Gasteiger partial charge in [-0.3, -0.25) is 0 Å². The number of H-pyrrole nitrogens is 1. The second-order valence-electron chi connectivity index (χ2n) is 1.63. The first-order chi connectivity index (χ1) is 4.34. The van der Waals surface area contributed by atoms with Gasteiger partial charge in [-0.2, -0.15) is 0 Å². The molecule has 1 unspecified atom stereocenters. The molecule has 47 valence electrons. The summed E-state index contributed by atoms with van der Waals surface area (Å²) in [4.78, 5) is 0. The minimum atomic E-state index is 0.00926. The number of aromatic amines is 1. The average Bonchev–Trinajstić information content (AvgIpc) is 2.37. The molecule has 1 radical (unpaired) electrons. The topological polar surface area (TPSA) is 54.5 Å². The summed E-state index contributed by atoms with van der Waals surface area (Å²) in [5, 5.41) is 15.6. The Morgan fingerprint density at radius 2 is 2.56 bits per heavy atom. The van der Waals surface area contributed by atoms with Crippen LogP contribution in [0, 0.1) is 0 Å². The van der Waals surface area contributed by atoms with Gasteiger partial charge >= 0.3 is 0 Å². The molecule has 0 amide bonds. The zero-order valence-corrected chi connectivity index (χ0v) is 5.64. The SMILES string of the molecule is CC([C]=S)c1nnn[nH]1. The van der Waals surface area contributed by atoms with Crippen molar-refractivity contribution in [3.8, 4) is 0 Å². The minimum Gasteiger partial charge on any atom is -0.242 e. The van der Waals surface area contributed by atoms with E-state index < -0.39 is 0 Å². The number of nitrogens with one attached hydrogen (secondary N) is 1. The highest BCUT2D eigenvalue weighted by atomic mass is 32.1. The van der Waals surface area contributed by atoms with Gasteiger partial charge in [0.15, 0.2) is 5.82 Å². The quantitative estimate of drug-likeness (QED) is 0.597. The summed E-state index contributed by atoms with van der Waals surface area (Å²) in [5.74, 6) is 0.667. The van der Waals surface area contributed by atoms with Gasteiger partial charge in [-0.25, -0.2) is 5.10 Å². The summed E-state index contributed by atoms with van der Waals surface area (Å²) in [7, 11) is 0. The number of nitrogens with zero attached hydrogens (tertiary/aromatic N) is 3. The highest BCUT2D eigenvalue weighted by Gasteiger charge is 2.04. The lowest BCUT2D eigenvalue weighted by molar-refractivity contribution is 0.881. The number of hydrogen-bond acceptors (Lipinski definition) is 4. The maximum absolute atomic E-state index is 4.56. The van der Waals surface area contributed by atoms with Crippen molar-refractivity contribution in [2.24, 2.45) is 0 Å². The fourth-order valence-electron chi connectivity index (χ4n) is 0.406. The molecule has 1 aromatic rings. The van der Waals surface area contributed by atoms with Crippen molar-refractivity contribution in [2.45, 2.75) is 12.8 Å². The molecule has 0 bridgehead atoms. The first kappa shape index (κ1) is 6.28.